The predicted octanol–water partition coefficient (Wildman–Crippen LogP) is 1.85. The van der Waals surface area contributed by atoms with Crippen LogP contribution in [0.4, 0.5) is 4.79 Å². The molecule has 0 bridgehead atoms. The molecule has 1 heterocycles. The first-order chi connectivity index (χ1) is 8.91. The summed E-state index contributed by atoms with van der Waals surface area (Å²) in [5, 5.41) is 9.30. The third-order valence-corrected chi connectivity index (χ3v) is 4.86. The molecule has 2 rings (SSSR count). The van der Waals surface area contributed by atoms with Crippen LogP contribution in [0.5, 0.6) is 0 Å². The number of aliphatic carboxylic acids is 1. The third-order valence-electron chi connectivity index (χ3n) is 3.40. The maximum absolute atomic E-state index is 12.5. The minimum Gasteiger partial charge on any atom is -0.480 e. The van der Waals surface area contributed by atoms with Crippen molar-refractivity contribution in [2.24, 2.45) is 5.92 Å². The zero-order valence-corrected chi connectivity index (χ0v) is 12.2. The van der Waals surface area contributed by atoms with Crippen LogP contribution in [-0.4, -0.2) is 57.7 Å². The van der Waals surface area contributed by atoms with Gasteiger partial charge < -0.3 is 10.0 Å². The molecule has 0 aromatic carbocycles. The Morgan fingerprint density at radius 2 is 2.11 bits per heavy atom. The van der Waals surface area contributed by atoms with Crippen molar-refractivity contribution < 1.29 is 14.7 Å². The number of urea groups is 1. The lowest BCUT2D eigenvalue weighted by Crippen LogP contribution is -2.51. The fourth-order valence-electron chi connectivity index (χ4n) is 2.37. The van der Waals surface area contributed by atoms with Gasteiger partial charge >= 0.3 is 12.0 Å². The number of likely N-dealkylation sites (N-methyl/N-ethyl adjacent to an activating group) is 1. The van der Waals surface area contributed by atoms with E-state index in [4.69, 9.17) is 0 Å². The van der Waals surface area contributed by atoms with Gasteiger partial charge in [-0.05, 0) is 25.7 Å². The quantitative estimate of drug-likeness (QED) is 0.800. The largest absolute Gasteiger partial charge is 0.480 e. The summed E-state index contributed by atoms with van der Waals surface area (Å²) in [5.74, 6) is 0.0487. The molecular weight excluding hydrogens is 264 g/mol. The van der Waals surface area contributed by atoms with Gasteiger partial charge in [-0.2, -0.15) is 0 Å². The van der Waals surface area contributed by atoms with Gasteiger partial charge in [0.25, 0.3) is 0 Å². The van der Waals surface area contributed by atoms with E-state index in [0.29, 0.717) is 18.2 Å². The monoisotopic (exact) mass is 284 g/mol. The van der Waals surface area contributed by atoms with Gasteiger partial charge in [0.05, 0.1) is 5.37 Å². The average molecular weight is 284 g/mol. The van der Waals surface area contributed by atoms with Gasteiger partial charge in [-0.1, -0.05) is 12.2 Å². The number of carbonyl (C=O) groups is 2. The summed E-state index contributed by atoms with van der Waals surface area (Å²) >= 11 is 1.60. The van der Waals surface area contributed by atoms with Crippen LogP contribution in [0, 0.1) is 5.92 Å². The molecule has 0 radical (unpaired) electrons. The first kappa shape index (κ1) is 14.2. The molecule has 2 atom stereocenters. The maximum atomic E-state index is 12.5. The van der Waals surface area contributed by atoms with Crippen LogP contribution in [0.15, 0.2) is 12.2 Å². The zero-order valence-electron chi connectivity index (χ0n) is 11.3. The minimum atomic E-state index is -0.910. The summed E-state index contributed by atoms with van der Waals surface area (Å²) in [6.07, 6.45) is 2.19. The molecule has 6 heteroatoms. The lowest BCUT2D eigenvalue weighted by molar-refractivity contribution is -0.141. The van der Waals surface area contributed by atoms with Crippen LogP contribution in [0.2, 0.25) is 0 Å². The summed E-state index contributed by atoms with van der Waals surface area (Å²) in [5.41, 5.74) is 0.887. The average Bonchev–Trinajstić information content (AvgIpc) is 3.05. The molecule has 0 spiro atoms. The maximum Gasteiger partial charge on any atom is 0.327 e. The molecule has 2 amide bonds. The van der Waals surface area contributed by atoms with Crippen molar-refractivity contribution >= 4 is 23.8 Å². The third kappa shape index (κ3) is 3.05. The van der Waals surface area contributed by atoms with Crippen LogP contribution >= 0.6 is 11.8 Å². The Hall–Kier alpha value is -1.17. The number of thioether (sulfide) groups is 1. The van der Waals surface area contributed by atoms with E-state index < -0.39 is 12.0 Å². The number of hydrogen-bond donors (Lipinski definition) is 1. The van der Waals surface area contributed by atoms with Gasteiger partial charge in [0, 0.05) is 19.3 Å². The number of amides is 2. The number of rotatable bonds is 4. The normalized spacial score (nSPS) is 26.3. The molecule has 5 nitrogen and oxygen atoms in total. The molecular formula is C13H20N2O3S. The van der Waals surface area contributed by atoms with E-state index in [-0.39, 0.29) is 11.4 Å². The summed E-state index contributed by atoms with van der Waals surface area (Å²) in [6.45, 7) is 6.11. The molecule has 2 unspecified atom stereocenters. The van der Waals surface area contributed by atoms with Crippen LogP contribution in [0.1, 0.15) is 19.8 Å². The number of nitrogens with zero attached hydrogens (tertiary/aromatic N) is 2. The Kier molecular flexibility index (Phi) is 4.08. The second-order valence-corrected chi connectivity index (χ2v) is 6.57. The number of hydrogen-bond acceptors (Lipinski definition) is 3. The van der Waals surface area contributed by atoms with Crippen LogP contribution in [0.25, 0.3) is 0 Å². The Bertz CT molecular complexity index is 409. The summed E-state index contributed by atoms with van der Waals surface area (Å²) in [4.78, 5) is 26.9. The van der Waals surface area contributed by atoms with Crippen LogP contribution < -0.4 is 0 Å². The molecule has 2 fully saturated rings. The van der Waals surface area contributed by atoms with Crippen molar-refractivity contribution in [1.82, 2.24) is 9.80 Å². The number of carboxylic acid groups (broad SMARTS) is 1. The summed E-state index contributed by atoms with van der Waals surface area (Å²) < 4.78 is 0. The lowest BCUT2D eigenvalue weighted by atomic mass is 10.2. The highest BCUT2D eigenvalue weighted by atomic mass is 32.2. The van der Waals surface area contributed by atoms with E-state index >= 15 is 0 Å². The fourth-order valence-corrected chi connectivity index (χ4v) is 4.00. The zero-order chi connectivity index (χ0) is 14.2. The van der Waals surface area contributed by atoms with Gasteiger partial charge in [0.1, 0.15) is 6.04 Å². The van der Waals surface area contributed by atoms with Gasteiger partial charge in [-0.25, -0.2) is 9.59 Å². The second-order valence-electron chi connectivity index (χ2n) is 5.42. The Labute approximate surface area is 117 Å². The van der Waals surface area contributed by atoms with E-state index in [2.05, 4.69) is 6.58 Å². The van der Waals surface area contributed by atoms with E-state index in [1.165, 1.54) is 0 Å². The molecule has 1 saturated heterocycles. The molecule has 0 aromatic rings. The standard InChI is InChI=1S/C13H20N2O3S/c1-8(2)6-14(3)13(18)15-10(12(16)17)7-19-11(15)9-4-5-9/h9-11H,1,4-7H2,2-3H3,(H,16,17). The molecule has 1 saturated carbocycles. The smallest absolute Gasteiger partial charge is 0.327 e. The van der Waals surface area contributed by atoms with Crippen molar-refractivity contribution in [2.45, 2.75) is 31.2 Å². The van der Waals surface area contributed by atoms with Gasteiger partial charge in [0.2, 0.25) is 0 Å². The fraction of sp³-hybridized carbons (Fsp3) is 0.692. The van der Waals surface area contributed by atoms with E-state index in [0.717, 1.165) is 18.4 Å². The number of carbonyl (C=O) groups excluding carboxylic acids is 1. The summed E-state index contributed by atoms with van der Waals surface area (Å²) in [6, 6.07) is -0.895. The van der Waals surface area contributed by atoms with Crippen molar-refractivity contribution in [3.8, 4) is 0 Å². The van der Waals surface area contributed by atoms with Crippen LogP contribution in [-0.2, 0) is 4.79 Å². The first-order valence-corrected chi connectivity index (χ1v) is 7.49. The van der Waals surface area contributed by atoms with Crippen molar-refractivity contribution in [3.63, 3.8) is 0 Å². The van der Waals surface area contributed by atoms with Gasteiger partial charge in [-0.15, -0.1) is 11.8 Å². The highest BCUT2D eigenvalue weighted by molar-refractivity contribution is 8.00. The molecule has 1 aliphatic carbocycles. The topological polar surface area (TPSA) is 60.9 Å². The van der Waals surface area contributed by atoms with Crippen molar-refractivity contribution in [3.05, 3.63) is 12.2 Å². The van der Waals surface area contributed by atoms with Crippen molar-refractivity contribution in [2.75, 3.05) is 19.3 Å². The predicted molar refractivity (Wildman–Crippen MR) is 75.1 cm³/mol. The Morgan fingerprint density at radius 3 is 2.58 bits per heavy atom. The first-order valence-electron chi connectivity index (χ1n) is 6.44. The lowest BCUT2D eigenvalue weighted by Gasteiger charge is -2.31. The highest BCUT2D eigenvalue weighted by Crippen LogP contribution is 2.45. The minimum absolute atomic E-state index is 0.0289. The molecule has 0 aromatic heterocycles. The van der Waals surface area contributed by atoms with Gasteiger partial charge in [-0.3, -0.25) is 4.90 Å². The molecule has 106 valence electrons. The van der Waals surface area contributed by atoms with E-state index in [9.17, 15) is 14.7 Å². The summed E-state index contributed by atoms with van der Waals surface area (Å²) in [7, 11) is 1.70. The Morgan fingerprint density at radius 1 is 1.47 bits per heavy atom. The second kappa shape index (κ2) is 5.45. The number of carboxylic acids is 1. The van der Waals surface area contributed by atoms with Gasteiger partial charge in [0.15, 0.2) is 0 Å². The van der Waals surface area contributed by atoms with E-state index in [1.807, 2.05) is 6.92 Å². The Balaban J connectivity index is 2.13. The van der Waals surface area contributed by atoms with E-state index in [1.54, 1.807) is 28.6 Å². The molecule has 19 heavy (non-hydrogen) atoms. The highest BCUT2D eigenvalue weighted by Gasteiger charge is 2.48. The molecule has 2 aliphatic rings. The molecule has 1 aliphatic heterocycles. The SMILES string of the molecule is C=C(C)CN(C)C(=O)N1C(C(=O)O)CSC1C1CC1. The van der Waals surface area contributed by atoms with Crippen molar-refractivity contribution in [1.29, 1.82) is 0 Å². The van der Waals surface area contributed by atoms with Crippen LogP contribution in [0.3, 0.4) is 0 Å². The molecule has 1 N–H and O–H groups in total.